The molecule has 2 rings (SSSR count). The summed E-state index contributed by atoms with van der Waals surface area (Å²) in [6.45, 7) is 1.82. The average Bonchev–Trinajstić information content (AvgIpc) is 2.55. The van der Waals surface area contributed by atoms with Crippen molar-refractivity contribution in [2.45, 2.75) is 11.8 Å². The van der Waals surface area contributed by atoms with Gasteiger partial charge in [0.15, 0.2) is 16.4 Å². The molecule has 0 aliphatic rings. The van der Waals surface area contributed by atoms with Crippen LogP contribution in [0, 0.1) is 0 Å². The van der Waals surface area contributed by atoms with Crippen molar-refractivity contribution < 1.29 is 23.1 Å². The molecule has 9 heteroatoms. The summed E-state index contributed by atoms with van der Waals surface area (Å²) in [7, 11) is -3.39. The van der Waals surface area contributed by atoms with Crippen LogP contribution in [0.5, 0.6) is 5.75 Å². The fourth-order valence-corrected chi connectivity index (χ4v) is 3.53. The van der Waals surface area contributed by atoms with Crippen molar-refractivity contribution >= 4 is 50.4 Å². The van der Waals surface area contributed by atoms with Crippen LogP contribution in [0.25, 0.3) is 0 Å². The van der Waals surface area contributed by atoms with Crippen molar-refractivity contribution in [3.05, 3.63) is 46.4 Å². The van der Waals surface area contributed by atoms with E-state index < -0.39 is 22.4 Å². The van der Waals surface area contributed by atoms with E-state index in [1.807, 2.05) is 6.92 Å². The fraction of sp³-hybridized carbons (Fsp3) is 0.235. The molecular weight excluding hydrogens is 401 g/mol. The van der Waals surface area contributed by atoms with Crippen LogP contribution in [-0.2, 0) is 14.6 Å². The first-order valence-corrected chi connectivity index (χ1v) is 10.2. The highest BCUT2D eigenvalue weighted by molar-refractivity contribution is 7.90. The molecule has 0 saturated carbocycles. The van der Waals surface area contributed by atoms with Crippen LogP contribution in [0.3, 0.4) is 0 Å². The minimum atomic E-state index is -3.39. The molecule has 0 amide bonds. The van der Waals surface area contributed by atoms with Crippen molar-refractivity contribution in [1.29, 1.82) is 0 Å². The lowest BCUT2D eigenvalue weighted by molar-refractivity contribution is -0.139. The molecule has 0 radical (unpaired) electrons. The van der Waals surface area contributed by atoms with Gasteiger partial charge in [-0.2, -0.15) is 0 Å². The molecule has 0 aliphatic heterocycles. The number of ether oxygens (including phenoxy) is 1. The number of nitrogens with zero attached hydrogens (tertiary/aromatic N) is 1. The molecule has 0 aromatic heterocycles. The predicted molar refractivity (Wildman–Crippen MR) is 102 cm³/mol. The first-order chi connectivity index (χ1) is 12.1. The molecule has 2 aromatic rings. The summed E-state index contributed by atoms with van der Waals surface area (Å²) in [6, 6.07) is 9.21. The molecule has 140 valence electrons. The summed E-state index contributed by atoms with van der Waals surface area (Å²) >= 11 is 12.4. The minimum Gasteiger partial charge on any atom is -0.480 e. The highest BCUT2D eigenvalue weighted by atomic mass is 35.5. The van der Waals surface area contributed by atoms with E-state index in [0.29, 0.717) is 28.7 Å². The van der Waals surface area contributed by atoms with E-state index >= 15 is 0 Å². The molecule has 0 fully saturated rings. The number of rotatable bonds is 7. The zero-order valence-corrected chi connectivity index (χ0v) is 16.4. The number of anilines is 2. The molecule has 0 bridgehead atoms. The van der Waals surface area contributed by atoms with Gasteiger partial charge in [0.2, 0.25) is 0 Å². The lowest BCUT2D eigenvalue weighted by Gasteiger charge is -2.26. The van der Waals surface area contributed by atoms with Gasteiger partial charge in [0.25, 0.3) is 0 Å². The summed E-state index contributed by atoms with van der Waals surface area (Å²) in [4.78, 5) is 12.7. The van der Waals surface area contributed by atoms with Crippen LogP contribution < -0.4 is 9.64 Å². The Balaban J connectivity index is 2.52. The quantitative estimate of drug-likeness (QED) is 0.731. The normalized spacial score (nSPS) is 11.2. The van der Waals surface area contributed by atoms with E-state index in [9.17, 15) is 13.2 Å². The van der Waals surface area contributed by atoms with Gasteiger partial charge < -0.3 is 14.7 Å². The number of hydrogen-bond donors (Lipinski definition) is 1. The van der Waals surface area contributed by atoms with Gasteiger partial charge in [0.05, 0.1) is 21.3 Å². The Kier molecular flexibility index (Phi) is 6.39. The monoisotopic (exact) mass is 417 g/mol. The summed E-state index contributed by atoms with van der Waals surface area (Å²) in [5.41, 5.74) is 1.07. The summed E-state index contributed by atoms with van der Waals surface area (Å²) in [5, 5.41) is 9.51. The Hall–Kier alpha value is -1.96. The smallest absolute Gasteiger partial charge is 0.341 e. The third kappa shape index (κ3) is 4.81. The van der Waals surface area contributed by atoms with Crippen molar-refractivity contribution in [2.24, 2.45) is 0 Å². The zero-order valence-electron chi connectivity index (χ0n) is 14.1. The predicted octanol–water partition coefficient (Wildman–Crippen LogP) is 4.02. The van der Waals surface area contributed by atoms with E-state index in [1.165, 1.54) is 12.1 Å². The van der Waals surface area contributed by atoms with Crippen molar-refractivity contribution in [3.8, 4) is 5.75 Å². The number of sulfone groups is 1. The minimum absolute atomic E-state index is 0.107. The van der Waals surface area contributed by atoms with Gasteiger partial charge in [0.1, 0.15) is 5.75 Å². The molecule has 1 N–H and O–H groups in total. The average molecular weight is 418 g/mol. The third-order valence-electron chi connectivity index (χ3n) is 3.52. The van der Waals surface area contributed by atoms with Crippen LogP contribution in [0.4, 0.5) is 11.4 Å². The van der Waals surface area contributed by atoms with E-state index in [4.69, 9.17) is 33.0 Å². The van der Waals surface area contributed by atoms with Gasteiger partial charge in [0, 0.05) is 17.8 Å². The Bertz CT molecular complexity index is 931. The molecule has 0 spiro atoms. The highest BCUT2D eigenvalue weighted by Crippen LogP contribution is 2.39. The van der Waals surface area contributed by atoms with E-state index in [1.54, 1.807) is 29.2 Å². The second-order valence-electron chi connectivity index (χ2n) is 5.42. The lowest BCUT2D eigenvalue weighted by atomic mass is 10.2. The van der Waals surface area contributed by atoms with E-state index in [-0.39, 0.29) is 9.92 Å². The molecule has 0 heterocycles. The second-order valence-corrected chi connectivity index (χ2v) is 8.28. The third-order valence-corrected chi connectivity index (χ3v) is 5.17. The molecule has 0 saturated heterocycles. The lowest BCUT2D eigenvalue weighted by Crippen LogP contribution is -2.19. The van der Waals surface area contributed by atoms with Gasteiger partial charge in [-0.3, -0.25) is 0 Å². The molecule has 0 unspecified atom stereocenters. The Morgan fingerprint density at radius 3 is 2.38 bits per heavy atom. The standard InChI is InChI=1S/C17H17Cl2NO5S/c1-3-20(14-6-5-12(9-13(14)19)26(2,23)24)15-8-11(18)4-7-16(15)25-10-17(21)22/h4-9H,3,10H2,1-2H3,(H,21,22). The molecule has 26 heavy (non-hydrogen) atoms. The Morgan fingerprint density at radius 1 is 1.15 bits per heavy atom. The molecular formula is C17H17Cl2NO5S. The van der Waals surface area contributed by atoms with E-state index in [2.05, 4.69) is 0 Å². The van der Waals surface area contributed by atoms with Crippen molar-refractivity contribution in [1.82, 2.24) is 0 Å². The zero-order chi connectivity index (χ0) is 19.5. The van der Waals surface area contributed by atoms with Gasteiger partial charge in [-0.25, -0.2) is 13.2 Å². The second kappa shape index (κ2) is 8.16. The molecule has 2 aromatic carbocycles. The van der Waals surface area contributed by atoms with Crippen LogP contribution in [0.15, 0.2) is 41.3 Å². The topological polar surface area (TPSA) is 83.9 Å². The molecule has 0 atom stereocenters. The summed E-state index contributed by atoms with van der Waals surface area (Å²) in [5.74, 6) is -0.786. The Morgan fingerprint density at radius 2 is 1.85 bits per heavy atom. The number of carbonyl (C=O) groups is 1. The largest absolute Gasteiger partial charge is 0.480 e. The number of hydrogen-bond acceptors (Lipinski definition) is 5. The highest BCUT2D eigenvalue weighted by Gasteiger charge is 2.19. The maximum atomic E-state index is 11.7. The van der Waals surface area contributed by atoms with Crippen LogP contribution in [-0.4, -0.2) is 38.9 Å². The maximum Gasteiger partial charge on any atom is 0.341 e. The number of halogens is 2. The van der Waals surface area contributed by atoms with Gasteiger partial charge >= 0.3 is 5.97 Å². The number of aliphatic carboxylic acids is 1. The SMILES string of the molecule is CCN(c1ccc(S(C)(=O)=O)cc1Cl)c1cc(Cl)ccc1OCC(=O)O. The van der Waals surface area contributed by atoms with Gasteiger partial charge in [-0.1, -0.05) is 23.2 Å². The number of benzene rings is 2. The first-order valence-electron chi connectivity index (χ1n) is 7.54. The molecule has 6 nitrogen and oxygen atoms in total. The van der Waals surface area contributed by atoms with Crippen LogP contribution in [0.1, 0.15) is 6.92 Å². The Labute approximate surface area is 161 Å². The van der Waals surface area contributed by atoms with Crippen molar-refractivity contribution in [3.63, 3.8) is 0 Å². The van der Waals surface area contributed by atoms with Gasteiger partial charge in [-0.15, -0.1) is 0 Å². The number of carboxylic acids is 1. The molecule has 0 aliphatic carbocycles. The van der Waals surface area contributed by atoms with E-state index in [0.717, 1.165) is 6.26 Å². The van der Waals surface area contributed by atoms with Crippen molar-refractivity contribution in [2.75, 3.05) is 24.3 Å². The maximum absolute atomic E-state index is 11.7. The van der Waals surface area contributed by atoms with Gasteiger partial charge in [-0.05, 0) is 43.3 Å². The summed E-state index contributed by atoms with van der Waals surface area (Å²) in [6.07, 6.45) is 1.10. The first kappa shape index (κ1) is 20.4. The fourth-order valence-electron chi connectivity index (χ4n) is 2.37. The van der Waals surface area contributed by atoms with Crippen LogP contribution >= 0.6 is 23.2 Å². The number of carboxylic acid groups (broad SMARTS) is 1. The van der Waals surface area contributed by atoms with Crippen LogP contribution in [0.2, 0.25) is 10.0 Å². The summed E-state index contributed by atoms with van der Waals surface area (Å²) < 4.78 is 28.7.